The fourth-order valence-corrected chi connectivity index (χ4v) is 2.86. The third-order valence-electron chi connectivity index (χ3n) is 2.76. The van der Waals surface area contributed by atoms with Gasteiger partial charge in [-0.3, -0.25) is 0 Å². The van der Waals surface area contributed by atoms with Gasteiger partial charge >= 0.3 is 0 Å². The van der Waals surface area contributed by atoms with E-state index in [1.54, 1.807) is 11.8 Å². The molecule has 19 heavy (non-hydrogen) atoms. The van der Waals surface area contributed by atoms with E-state index in [0.29, 0.717) is 0 Å². The number of thioether (sulfide) groups is 1. The molecule has 0 fully saturated rings. The number of nitrogens with zero attached hydrogens (tertiary/aromatic N) is 1. The highest BCUT2D eigenvalue weighted by atomic mass is 32.2. The van der Waals surface area contributed by atoms with Crippen molar-refractivity contribution in [2.75, 3.05) is 0 Å². The van der Waals surface area contributed by atoms with Gasteiger partial charge in [0, 0.05) is 16.2 Å². The topological polar surface area (TPSA) is 58.6 Å². The zero-order valence-corrected chi connectivity index (χ0v) is 11.5. The smallest absolute Gasteiger partial charge is 0.171 e. The Labute approximate surface area is 117 Å². The van der Waals surface area contributed by atoms with Crippen molar-refractivity contribution >= 4 is 17.6 Å². The summed E-state index contributed by atoms with van der Waals surface area (Å²) in [7, 11) is 0. The van der Waals surface area contributed by atoms with Crippen LogP contribution >= 0.6 is 11.8 Å². The summed E-state index contributed by atoms with van der Waals surface area (Å²) in [5.41, 5.74) is 8.88. The quantitative estimate of drug-likeness (QED) is 0.295. The minimum atomic E-state index is 0.149. The van der Waals surface area contributed by atoms with Gasteiger partial charge in [-0.2, -0.15) is 0 Å². The fraction of sp³-hybridized carbons (Fsp3) is 0.133. The molecule has 0 saturated carbocycles. The molecule has 0 heterocycles. The van der Waals surface area contributed by atoms with E-state index in [-0.39, 0.29) is 5.84 Å². The number of amidine groups is 1. The van der Waals surface area contributed by atoms with E-state index in [4.69, 9.17) is 10.9 Å². The van der Waals surface area contributed by atoms with Crippen LogP contribution in [-0.4, -0.2) is 11.0 Å². The average molecular weight is 272 g/mol. The van der Waals surface area contributed by atoms with Crippen LogP contribution in [-0.2, 0) is 5.75 Å². The Hall–Kier alpha value is -1.94. The predicted molar refractivity (Wildman–Crippen MR) is 79.7 cm³/mol. The second kappa shape index (κ2) is 6.29. The van der Waals surface area contributed by atoms with Crippen LogP contribution in [0, 0.1) is 6.92 Å². The van der Waals surface area contributed by atoms with Crippen LogP contribution in [0.3, 0.4) is 0 Å². The summed E-state index contributed by atoms with van der Waals surface area (Å²) in [4.78, 5) is 1.03. The summed E-state index contributed by atoms with van der Waals surface area (Å²) >= 11 is 1.69. The van der Waals surface area contributed by atoms with Crippen molar-refractivity contribution < 1.29 is 5.21 Å². The fourth-order valence-electron chi connectivity index (χ4n) is 1.75. The van der Waals surface area contributed by atoms with Crippen molar-refractivity contribution in [3.05, 3.63) is 65.2 Å². The molecular formula is C15H16N2OS. The largest absolute Gasteiger partial charge is 0.409 e. The van der Waals surface area contributed by atoms with E-state index >= 15 is 0 Å². The van der Waals surface area contributed by atoms with Gasteiger partial charge in [-0.05, 0) is 30.2 Å². The Morgan fingerprint density at radius 1 is 1.21 bits per heavy atom. The molecular weight excluding hydrogens is 256 g/mol. The van der Waals surface area contributed by atoms with Gasteiger partial charge in [-0.25, -0.2) is 0 Å². The zero-order chi connectivity index (χ0) is 13.7. The molecule has 0 unspecified atom stereocenters. The van der Waals surface area contributed by atoms with Crippen LogP contribution in [0.2, 0.25) is 0 Å². The van der Waals surface area contributed by atoms with Crippen molar-refractivity contribution in [1.29, 1.82) is 0 Å². The molecule has 3 N–H and O–H groups in total. The van der Waals surface area contributed by atoms with Crippen LogP contribution in [0.5, 0.6) is 0 Å². The number of nitrogens with two attached hydrogens (primary N) is 1. The SMILES string of the molecule is Cc1ccc(C(N)=NO)c(SCc2ccccc2)c1. The van der Waals surface area contributed by atoms with E-state index in [1.165, 1.54) is 5.56 Å². The summed E-state index contributed by atoms with van der Waals surface area (Å²) in [6.07, 6.45) is 0. The minimum absolute atomic E-state index is 0.149. The van der Waals surface area contributed by atoms with Crippen molar-refractivity contribution in [2.24, 2.45) is 10.9 Å². The average Bonchev–Trinajstić information content (AvgIpc) is 2.45. The highest BCUT2D eigenvalue weighted by Crippen LogP contribution is 2.27. The summed E-state index contributed by atoms with van der Waals surface area (Å²) in [6.45, 7) is 2.03. The number of benzene rings is 2. The lowest BCUT2D eigenvalue weighted by Crippen LogP contribution is -2.14. The molecule has 0 aliphatic heterocycles. The molecule has 2 aromatic carbocycles. The Morgan fingerprint density at radius 2 is 1.95 bits per heavy atom. The minimum Gasteiger partial charge on any atom is -0.409 e. The standard InChI is InChI=1S/C15H16N2OS/c1-11-7-8-13(15(16)17-18)14(9-11)19-10-12-5-3-2-4-6-12/h2-9,18H,10H2,1H3,(H2,16,17). The molecule has 0 radical (unpaired) electrons. The molecule has 0 aliphatic rings. The Kier molecular flexibility index (Phi) is 4.47. The van der Waals surface area contributed by atoms with Gasteiger partial charge in [0.2, 0.25) is 0 Å². The number of hydrogen-bond donors (Lipinski definition) is 2. The third-order valence-corrected chi connectivity index (χ3v) is 3.88. The first-order chi connectivity index (χ1) is 9.20. The van der Waals surface area contributed by atoms with Gasteiger partial charge in [0.1, 0.15) is 0 Å². The molecule has 98 valence electrons. The molecule has 2 rings (SSSR count). The van der Waals surface area contributed by atoms with Gasteiger partial charge in [-0.15, -0.1) is 11.8 Å². The van der Waals surface area contributed by atoms with Gasteiger partial charge < -0.3 is 10.9 Å². The van der Waals surface area contributed by atoms with E-state index in [2.05, 4.69) is 23.4 Å². The van der Waals surface area contributed by atoms with Crippen molar-refractivity contribution in [3.63, 3.8) is 0 Å². The van der Waals surface area contributed by atoms with Crippen LogP contribution in [0.1, 0.15) is 16.7 Å². The van der Waals surface area contributed by atoms with Crippen LogP contribution in [0.4, 0.5) is 0 Å². The second-order valence-electron chi connectivity index (χ2n) is 4.26. The maximum atomic E-state index is 8.82. The van der Waals surface area contributed by atoms with Crippen LogP contribution in [0.15, 0.2) is 58.6 Å². The summed E-state index contributed by atoms with van der Waals surface area (Å²) in [5.74, 6) is 1.01. The number of oxime groups is 1. The first kappa shape index (κ1) is 13.5. The Bertz CT molecular complexity index is 582. The molecule has 0 amide bonds. The van der Waals surface area contributed by atoms with E-state index in [0.717, 1.165) is 21.8 Å². The highest BCUT2D eigenvalue weighted by Gasteiger charge is 2.08. The molecule has 0 spiro atoms. The van der Waals surface area contributed by atoms with E-state index in [1.807, 2.05) is 37.3 Å². The van der Waals surface area contributed by atoms with Gasteiger partial charge in [0.15, 0.2) is 5.84 Å². The molecule has 0 aromatic heterocycles. The predicted octanol–water partition coefficient (Wildman–Crippen LogP) is 3.38. The Morgan fingerprint density at radius 3 is 2.63 bits per heavy atom. The van der Waals surface area contributed by atoms with Gasteiger partial charge in [0.05, 0.1) is 0 Å². The van der Waals surface area contributed by atoms with Gasteiger partial charge in [-0.1, -0.05) is 41.6 Å². The zero-order valence-electron chi connectivity index (χ0n) is 10.7. The number of rotatable bonds is 4. The lowest BCUT2D eigenvalue weighted by Gasteiger charge is -2.09. The van der Waals surface area contributed by atoms with Crippen molar-refractivity contribution in [2.45, 2.75) is 17.6 Å². The van der Waals surface area contributed by atoms with Gasteiger partial charge in [0.25, 0.3) is 0 Å². The number of aryl methyl sites for hydroxylation is 1. The lowest BCUT2D eigenvalue weighted by atomic mass is 10.1. The first-order valence-corrected chi connectivity index (χ1v) is 6.94. The molecule has 4 heteroatoms. The van der Waals surface area contributed by atoms with Crippen LogP contribution < -0.4 is 5.73 Å². The highest BCUT2D eigenvalue weighted by molar-refractivity contribution is 7.98. The lowest BCUT2D eigenvalue weighted by molar-refractivity contribution is 0.318. The molecule has 0 aliphatic carbocycles. The summed E-state index contributed by atoms with van der Waals surface area (Å²) in [6, 6.07) is 16.1. The monoisotopic (exact) mass is 272 g/mol. The molecule has 2 aromatic rings. The van der Waals surface area contributed by atoms with E-state index in [9.17, 15) is 0 Å². The maximum absolute atomic E-state index is 8.82. The van der Waals surface area contributed by atoms with Crippen LogP contribution in [0.25, 0.3) is 0 Å². The summed E-state index contributed by atoms with van der Waals surface area (Å²) in [5, 5.41) is 11.9. The molecule has 3 nitrogen and oxygen atoms in total. The molecule has 0 atom stereocenters. The maximum Gasteiger partial charge on any atom is 0.171 e. The van der Waals surface area contributed by atoms with E-state index < -0.39 is 0 Å². The van der Waals surface area contributed by atoms with Crippen molar-refractivity contribution in [3.8, 4) is 0 Å². The molecule has 0 saturated heterocycles. The molecule has 0 bridgehead atoms. The Balaban J connectivity index is 2.21. The third kappa shape index (κ3) is 3.51. The van der Waals surface area contributed by atoms with Crippen molar-refractivity contribution in [1.82, 2.24) is 0 Å². The number of hydrogen-bond acceptors (Lipinski definition) is 3. The second-order valence-corrected chi connectivity index (χ2v) is 5.28. The summed E-state index contributed by atoms with van der Waals surface area (Å²) < 4.78 is 0. The first-order valence-electron chi connectivity index (χ1n) is 5.96. The normalized spacial score (nSPS) is 11.5.